The second kappa shape index (κ2) is 7.43. The first kappa shape index (κ1) is 18.6. The Morgan fingerprint density at radius 1 is 1.11 bits per heavy atom. The molecule has 3 aromatic heterocycles. The second-order valence-electron chi connectivity index (χ2n) is 8.31. The van der Waals surface area contributed by atoms with Gasteiger partial charge in [0, 0.05) is 11.1 Å². The van der Waals surface area contributed by atoms with Gasteiger partial charge in [0.15, 0.2) is 11.0 Å². The number of aromatic nitrogens is 3. The molecule has 148 valence electrons. The Kier molecular flexibility index (Phi) is 4.93. The average molecular weight is 415 g/mol. The van der Waals surface area contributed by atoms with Gasteiger partial charge in [0.25, 0.3) is 0 Å². The highest BCUT2D eigenvalue weighted by Crippen LogP contribution is 2.43. The summed E-state index contributed by atoms with van der Waals surface area (Å²) in [6.07, 6.45) is 6.73. The zero-order valence-corrected chi connectivity index (χ0v) is 18.5. The van der Waals surface area contributed by atoms with Crippen LogP contribution in [0.15, 0.2) is 5.16 Å². The van der Waals surface area contributed by atoms with Crippen molar-refractivity contribution in [2.45, 2.75) is 44.7 Å². The molecule has 28 heavy (non-hydrogen) atoms. The SMILES string of the molecule is CSc1nc(N2CC[NH2+]CC2)c2sc3nc(CC(C)C)c4c(c3c2n1)CCC4. The summed E-state index contributed by atoms with van der Waals surface area (Å²) >= 11 is 3.46. The van der Waals surface area contributed by atoms with E-state index >= 15 is 0 Å². The van der Waals surface area contributed by atoms with Crippen molar-refractivity contribution in [3.8, 4) is 0 Å². The number of nitrogens with zero attached hydrogens (tertiary/aromatic N) is 4. The largest absolute Gasteiger partial charge is 0.344 e. The van der Waals surface area contributed by atoms with Gasteiger partial charge >= 0.3 is 0 Å². The number of hydrogen-bond acceptors (Lipinski definition) is 6. The van der Waals surface area contributed by atoms with Gasteiger partial charge in [0.2, 0.25) is 0 Å². The molecule has 0 bridgehead atoms. The maximum atomic E-state index is 5.19. The van der Waals surface area contributed by atoms with Gasteiger partial charge in [-0.2, -0.15) is 0 Å². The van der Waals surface area contributed by atoms with Gasteiger partial charge < -0.3 is 10.2 Å². The third kappa shape index (κ3) is 3.08. The smallest absolute Gasteiger partial charge is 0.189 e. The van der Waals surface area contributed by atoms with Crippen LogP contribution in [0.2, 0.25) is 0 Å². The predicted molar refractivity (Wildman–Crippen MR) is 119 cm³/mol. The zero-order chi connectivity index (χ0) is 19.3. The van der Waals surface area contributed by atoms with Crippen LogP contribution in [0.4, 0.5) is 5.82 Å². The summed E-state index contributed by atoms with van der Waals surface area (Å²) < 4.78 is 1.23. The van der Waals surface area contributed by atoms with Crippen molar-refractivity contribution in [2.24, 2.45) is 5.92 Å². The van der Waals surface area contributed by atoms with E-state index in [4.69, 9.17) is 15.0 Å². The molecule has 7 heteroatoms. The predicted octanol–water partition coefficient (Wildman–Crippen LogP) is 3.03. The Morgan fingerprint density at radius 3 is 2.64 bits per heavy atom. The van der Waals surface area contributed by atoms with E-state index < -0.39 is 0 Å². The third-order valence-electron chi connectivity index (χ3n) is 5.87. The van der Waals surface area contributed by atoms with Gasteiger partial charge in [-0.1, -0.05) is 25.6 Å². The molecule has 4 heterocycles. The van der Waals surface area contributed by atoms with Gasteiger partial charge in [0.05, 0.1) is 36.4 Å². The number of thioether (sulfide) groups is 1. The quantitative estimate of drug-likeness (QED) is 0.525. The van der Waals surface area contributed by atoms with Crippen LogP contribution in [-0.2, 0) is 19.3 Å². The summed E-state index contributed by atoms with van der Waals surface area (Å²) in [5.74, 6) is 1.76. The lowest BCUT2D eigenvalue weighted by molar-refractivity contribution is -0.655. The fourth-order valence-electron chi connectivity index (χ4n) is 4.63. The molecule has 0 atom stereocenters. The summed E-state index contributed by atoms with van der Waals surface area (Å²) in [5.41, 5.74) is 5.51. The van der Waals surface area contributed by atoms with Gasteiger partial charge in [-0.25, -0.2) is 15.0 Å². The lowest BCUT2D eigenvalue weighted by Gasteiger charge is -2.26. The van der Waals surface area contributed by atoms with Crippen LogP contribution >= 0.6 is 23.1 Å². The highest BCUT2D eigenvalue weighted by Gasteiger charge is 2.27. The molecule has 2 aliphatic rings. The Labute approximate surface area is 174 Å². The lowest BCUT2D eigenvalue weighted by atomic mass is 9.99. The molecule has 1 aliphatic carbocycles. The van der Waals surface area contributed by atoms with Crippen molar-refractivity contribution in [1.82, 2.24) is 15.0 Å². The molecule has 0 unspecified atom stereocenters. The van der Waals surface area contributed by atoms with Gasteiger partial charge in [-0.05, 0) is 49.0 Å². The van der Waals surface area contributed by atoms with Gasteiger partial charge in [0.1, 0.15) is 4.83 Å². The summed E-state index contributed by atoms with van der Waals surface area (Å²) in [5, 5.41) is 4.60. The van der Waals surface area contributed by atoms with E-state index in [2.05, 4.69) is 30.3 Å². The van der Waals surface area contributed by atoms with Gasteiger partial charge in [-0.15, -0.1) is 11.3 Å². The van der Waals surface area contributed by atoms with Crippen molar-refractivity contribution >= 4 is 49.3 Å². The standard InChI is InChI=1S/C21H27N5S2/c1-12(2)11-15-13-5-4-6-14(13)16-17-18(28-20(16)23-15)19(25-21(24-17)27-3)26-9-7-22-8-10-26/h12,22H,4-11H2,1-3H3/p+1. The van der Waals surface area contributed by atoms with Crippen LogP contribution in [-0.4, -0.2) is 47.4 Å². The van der Waals surface area contributed by atoms with Crippen LogP contribution in [0, 0.1) is 5.92 Å². The first-order valence-electron chi connectivity index (χ1n) is 10.4. The van der Waals surface area contributed by atoms with Crippen LogP contribution in [0.5, 0.6) is 0 Å². The minimum absolute atomic E-state index is 0.632. The topological polar surface area (TPSA) is 58.5 Å². The molecular formula is C21H28N5S2+. The number of thiophene rings is 1. The summed E-state index contributed by atoms with van der Waals surface area (Å²) in [7, 11) is 0. The molecule has 0 amide bonds. The number of aryl methyl sites for hydroxylation is 1. The van der Waals surface area contributed by atoms with E-state index in [1.54, 1.807) is 11.8 Å². The molecule has 5 rings (SSSR count). The first-order chi connectivity index (χ1) is 13.7. The van der Waals surface area contributed by atoms with E-state index in [0.29, 0.717) is 5.92 Å². The summed E-state index contributed by atoms with van der Waals surface area (Å²) in [6, 6.07) is 0. The molecule has 3 aromatic rings. The molecule has 1 aliphatic heterocycles. The molecule has 1 fully saturated rings. The monoisotopic (exact) mass is 414 g/mol. The van der Waals surface area contributed by atoms with Crippen LogP contribution < -0.4 is 10.2 Å². The minimum Gasteiger partial charge on any atom is -0.344 e. The number of piperazine rings is 1. The van der Waals surface area contributed by atoms with E-state index in [0.717, 1.165) is 55.5 Å². The lowest BCUT2D eigenvalue weighted by Crippen LogP contribution is -2.89. The van der Waals surface area contributed by atoms with E-state index in [1.807, 2.05) is 11.3 Å². The van der Waals surface area contributed by atoms with E-state index in [-0.39, 0.29) is 0 Å². The fraction of sp³-hybridized carbons (Fsp3) is 0.571. The molecule has 0 saturated carbocycles. The van der Waals surface area contributed by atoms with Crippen LogP contribution in [0.1, 0.15) is 37.1 Å². The zero-order valence-electron chi connectivity index (χ0n) is 16.9. The average Bonchev–Trinajstić information content (AvgIpc) is 3.31. The Balaban J connectivity index is 1.78. The number of rotatable bonds is 4. The van der Waals surface area contributed by atoms with Crippen LogP contribution in [0.3, 0.4) is 0 Å². The maximum Gasteiger partial charge on any atom is 0.189 e. The van der Waals surface area contributed by atoms with Crippen molar-refractivity contribution < 1.29 is 5.32 Å². The van der Waals surface area contributed by atoms with Crippen molar-refractivity contribution in [3.63, 3.8) is 0 Å². The third-order valence-corrected chi connectivity index (χ3v) is 7.49. The number of quaternary nitrogens is 1. The minimum atomic E-state index is 0.632. The maximum absolute atomic E-state index is 5.19. The normalized spacial score (nSPS) is 17.2. The van der Waals surface area contributed by atoms with Crippen molar-refractivity contribution in [1.29, 1.82) is 0 Å². The molecular weight excluding hydrogens is 386 g/mol. The van der Waals surface area contributed by atoms with Crippen molar-refractivity contribution in [3.05, 3.63) is 16.8 Å². The Hall–Kier alpha value is -1.44. The number of pyridine rings is 1. The Bertz CT molecular complexity index is 1040. The molecule has 0 radical (unpaired) electrons. The van der Waals surface area contributed by atoms with Crippen LogP contribution in [0.25, 0.3) is 20.4 Å². The summed E-state index contributed by atoms with van der Waals surface area (Å²) in [4.78, 5) is 18.8. The Morgan fingerprint density at radius 2 is 1.89 bits per heavy atom. The highest BCUT2D eigenvalue weighted by molar-refractivity contribution is 7.98. The van der Waals surface area contributed by atoms with E-state index in [1.165, 1.54) is 44.6 Å². The molecule has 2 N–H and O–H groups in total. The van der Waals surface area contributed by atoms with Gasteiger partial charge in [-0.3, -0.25) is 0 Å². The molecule has 0 aromatic carbocycles. The fourth-order valence-corrected chi connectivity index (χ4v) is 6.18. The van der Waals surface area contributed by atoms with Crippen molar-refractivity contribution in [2.75, 3.05) is 37.3 Å². The molecule has 5 nitrogen and oxygen atoms in total. The van der Waals surface area contributed by atoms with E-state index in [9.17, 15) is 0 Å². The number of hydrogen-bond donors (Lipinski definition) is 1. The number of fused-ring (bicyclic) bond motifs is 5. The number of anilines is 1. The second-order valence-corrected chi connectivity index (χ2v) is 10.1. The molecule has 0 spiro atoms. The summed E-state index contributed by atoms with van der Waals surface area (Å²) in [6.45, 7) is 8.96. The first-order valence-corrected chi connectivity index (χ1v) is 12.4. The highest BCUT2D eigenvalue weighted by atomic mass is 32.2. The number of nitrogens with two attached hydrogens (primary N) is 1. The molecule has 1 saturated heterocycles.